The average Bonchev–Trinajstić information content (AvgIpc) is 2.75. The van der Waals surface area contributed by atoms with Gasteiger partial charge in [0.2, 0.25) is 0 Å². The normalized spacial score (nSPS) is 10.3. The Morgan fingerprint density at radius 1 is 1.50 bits per heavy atom. The van der Waals surface area contributed by atoms with Crippen molar-refractivity contribution in [1.29, 1.82) is 0 Å². The van der Waals surface area contributed by atoms with Gasteiger partial charge in [-0.05, 0) is 17.8 Å². The third-order valence-corrected chi connectivity index (χ3v) is 3.30. The van der Waals surface area contributed by atoms with Gasteiger partial charge in [-0.25, -0.2) is 9.67 Å². The second kappa shape index (κ2) is 4.96. The van der Waals surface area contributed by atoms with Crippen molar-refractivity contribution in [3.63, 3.8) is 0 Å². The van der Waals surface area contributed by atoms with Crippen molar-refractivity contribution in [1.82, 2.24) is 14.8 Å². The molecule has 0 spiro atoms. The molecule has 2 aromatic rings. The minimum atomic E-state index is -0.522. The fourth-order valence-corrected chi connectivity index (χ4v) is 2.16. The number of aryl methyl sites for hydroxylation is 1. The fourth-order valence-electron chi connectivity index (χ4n) is 1.31. The van der Waals surface area contributed by atoms with Crippen molar-refractivity contribution in [2.24, 2.45) is 7.05 Å². The molecule has 0 aliphatic rings. The first-order chi connectivity index (χ1) is 8.61. The van der Waals surface area contributed by atoms with Crippen LogP contribution in [0.3, 0.4) is 0 Å². The van der Waals surface area contributed by atoms with Crippen LogP contribution in [0.15, 0.2) is 34.6 Å². The molecule has 0 radical (unpaired) electrons. The van der Waals surface area contributed by atoms with Gasteiger partial charge in [0.25, 0.3) is 5.69 Å². The molecule has 0 aliphatic heterocycles. The summed E-state index contributed by atoms with van der Waals surface area (Å²) in [5.41, 5.74) is 0.150. The van der Waals surface area contributed by atoms with E-state index in [9.17, 15) is 14.9 Å². The van der Waals surface area contributed by atoms with E-state index in [1.165, 1.54) is 29.2 Å². The molecule has 1 heterocycles. The molecule has 1 aromatic heterocycles. The summed E-state index contributed by atoms with van der Waals surface area (Å²) in [6, 6.07) is 4.30. The maximum atomic E-state index is 10.9. The van der Waals surface area contributed by atoms with Gasteiger partial charge >= 0.3 is 0 Å². The van der Waals surface area contributed by atoms with Crippen LogP contribution >= 0.6 is 11.8 Å². The number of carbonyl (C=O) groups excluding carboxylic acids is 1. The zero-order valence-electron chi connectivity index (χ0n) is 9.31. The van der Waals surface area contributed by atoms with Gasteiger partial charge in [0.15, 0.2) is 5.16 Å². The monoisotopic (exact) mass is 264 g/mol. The predicted molar refractivity (Wildman–Crippen MR) is 63.6 cm³/mol. The topological polar surface area (TPSA) is 90.9 Å². The molecule has 18 heavy (non-hydrogen) atoms. The zero-order valence-corrected chi connectivity index (χ0v) is 10.1. The van der Waals surface area contributed by atoms with Gasteiger partial charge in [-0.1, -0.05) is 6.07 Å². The molecule has 0 fully saturated rings. The van der Waals surface area contributed by atoms with Crippen LogP contribution < -0.4 is 0 Å². The number of benzene rings is 1. The Bertz CT molecular complexity index is 611. The standard InChI is InChI=1S/C10H8N4O3S/c1-13-10(11-6-12-13)18-9-3-2-7(5-15)4-8(9)14(16)17/h2-6H,1H3. The van der Waals surface area contributed by atoms with Gasteiger partial charge in [0, 0.05) is 18.7 Å². The van der Waals surface area contributed by atoms with Crippen molar-refractivity contribution >= 4 is 23.7 Å². The maximum Gasteiger partial charge on any atom is 0.284 e. The lowest BCUT2D eigenvalue weighted by Gasteiger charge is -2.02. The van der Waals surface area contributed by atoms with Gasteiger partial charge in [0.05, 0.1) is 9.82 Å². The third-order valence-electron chi connectivity index (χ3n) is 2.19. The number of carbonyl (C=O) groups is 1. The number of nitro benzene ring substituents is 1. The number of nitrogens with zero attached hydrogens (tertiary/aromatic N) is 4. The van der Waals surface area contributed by atoms with Crippen LogP contribution in [0.1, 0.15) is 10.4 Å². The molecule has 92 valence electrons. The van der Waals surface area contributed by atoms with Crippen LogP contribution in [0.5, 0.6) is 0 Å². The molecule has 0 bridgehead atoms. The SMILES string of the molecule is Cn1ncnc1Sc1ccc(C=O)cc1[N+](=O)[O-]. The van der Waals surface area contributed by atoms with E-state index in [-0.39, 0.29) is 11.3 Å². The number of aromatic nitrogens is 3. The summed E-state index contributed by atoms with van der Waals surface area (Å²) in [4.78, 5) is 25.4. The van der Waals surface area contributed by atoms with Crippen LogP contribution in [0, 0.1) is 10.1 Å². The number of aldehydes is 1. The molecule has 1 aromatic carbocycles. The Labute approximate surface area is 106 Å². The van der Waals surface area contributed by atoms with Crippen molar-refractivity contribution in [2.45, 2.75) is 10.1 Å². The first kappa shape index (κ1) is 12.2. The van der Waals surface area contributed by atoms with Crippen molar-refractivity contribution in [3.8, 4) is 0 Å². The quantitative estimate of drug-likeness (QED) is 0.474. The summed E-state index contributed by atoms with van der Waals surface area (Å²) >= 11 is 1.13. The second-order valence-corrected chi connectivity index (χ2v) is 4.38. The summed E-state index contributed by atoms with van der Waals surface area (Å²) < 4.78 is 1.52. The van der Waals surface area contributed by atoms with Gasteiger partial charge in [-0.2, -0.15) is 5.10 Å². The van der Waals surface area contributed by atoms with Gasteiger partial charge in [-0.15, -0.1) is 0 Å². The summed E-state index contributed by atoms with van der Waals surface area (Å²) in [6.45, 7) is 0. The fraction of sp³-hybridized carbons (Fsp3) is 0.100. The second-order valence-electron chi connectivity index (χ2n) is 3.37. The van der Waals surface area contributed by atoms with Gasteiger partial charge in [-0.3, -0.25) is 14.9 Å². The summed E-state index contributed by atoms with van der Waals surface area (Å²) in [6.07, 6.45) is 1.94. The lowest BCUT2D eigenvalue weighted by atomic mass is 10.2. The summed E-state index contributed by atoms with van der Waals surface area (Å²) in [5.74, 6) is 0. The lowest BCUT2D eigenvalue weighted by Crippen LogP contribution is -1.96. The maximum absolute atomic E-state index is 10.9. The number of nitro groups is 1. The van der Waals surface area contributed by atoms with Crippen LogP contribution in [0.4, 0.5) is 5.69 Å². The largest absolute Gasteiger partial charge is 0.298 e. The zero-order chi connectivity index (χ0) is 13.1. The Morgan fingerprint density at radius 2 is 2.28 bits per heavy atom. The molecule has 0 saturated carbocycles. The van der Waals surface area contributed by atoms with Crippen LogP contribution in [-0.2, 0) is 7.05 Å². The number of hydrogen-bond donors (Lipinski definition) is 0. The molecule has 8 heteroatoms. The smallest absolute Gasteiger partial charge is 0.284 e. The van der Waals surface area contributed by atoms with E-state index in [1.807, 2.05) is 0 Å². The van der Waals surface area contributed by atoms with E-state index < -0.39 is 4.92 Å². The molecule has 0 aliphatic carbocycles. The lowest BCUT2D eigenvalue weighted by molar-refractivity contribution is -0.387. The van der Waals surface area contributed by atoms with Gasteiger partial charge < -0.3 is 0 Å². The van der Waals surface area contributed by atoms with Crippen molar-refractivity contribution < 1.29 is 9.72 Å². The van der Waals surface area contributed by atoms with Crippen LogP contribution in [0.2, 0.25) is 0 Å². The predicted octanol–water partition coefficient (Wildman–Crippen LogP) is 1.69. The summed E-state index contributed by atoms with van der Waals surface area (Å²) in [7, 11) is 1.70. The number of rotatable bonds is 4. The molecule has 0 unspecified atom stereocenters. The summed E-state index contributed by atoms with van der Waals surface area (Å²) in [5, 5.41) is 15.4. The van der Waals surface area contributed by atoms with E-state index >= 15 is 0 Å². The van der Waals surface area contributed by atoms with E-state index in [4.69, 9.17) is 0 Å². The molecule has 2 rings (SSSR count). The third kappa shape index (κ3) is 2.38. The van der Waals surface area contributed by atoms with E-state index in [2.05, 4.69) is 10.1 Å². The first-order valence-corrected chi connectivity index (χ1v) is 5.69. The Kier molecular flexibility index (Phi) is 3.38. The van der Waals surface area contributed by atoms with E-state index in [0.29, 0.717) is 16.3 Å². The molecular formula is C10H8N4O3S. The molecule has 7 nitrogen and oxygen atoms in total. The Morgan fingerprint density at radius 3 is 2.83 bits per heavy atom. The van der Waals surface area contributed by atoms with Crippen LogP contribution in [0.25, 0.3) is 0 Å². The van der Waals surface area contributed by atoms with Crippen LogP contribution in [-0.4, -0.2) is 26.0 Å². The molecule has 0 saturated heterocycles. The van der Waals surface area contributed by atoms with E-state index in [1.54, 1.807) is 7.05 Å². The highest BCUT2D eigenvalue weighted by molar-refractivity contribution is 7.99. The highest BCUT2D eigenvalue weighted by atomic mass is 32.2. The highest BCUT2D eigenvalue weighted by Gasteiger charge is 2.17. The minimum Gasteiger partial charge on any atom is -0.298 e. The molecule has 0 N–H and O–H groups in total. The first-order valence-electron chi connectivity index (χ1n) is 4.87. The molecule has 0 atom stereocenters. The van der Waals surface area contributed by atoms with Crippen molar-refractivity contribution in [2.75, 3.05) is 0 Å². The highest BCUT2D eigenvalue weighted by Crippen LogP contribution is 2.33. The number of hydrogen-bond acceptors (Lipinski definition) is 6. The molecular weight excluding hydrogens is 256 g/mol. The molecule has 0 amide bonds. The minimum absolute atomic E-state index is 0.118. The van der Waals surface area contributed by atoms with Gasteiger partial charge in [0.1, 0.15) is 12.6 Å². The average molecular weight is 264 g/mol. The Balaban J connectivity index is 2.41. The Hall–Kier alpha value is -2.22. The van der Waals surface area contributed by atoms with E-state index in [0.717, 1.165) is 11.8 Å². The van der Waals surface area contributed by atoms with Crippen molar-refractivity contribution in [3.05, 3.63) is 40.2 Å².